The van der Waals surface area contributed by atoms with Crippen LogP contribution in [0.4, 0.5) is 0 Å². The molecule has 0 aromatic heterocycles. The topological polar surface area (TPSA) is 75.6 Å². The normalized spacial score (nSPS) is 23.1. The second-order valence-electron chi connectivity index (χ2n) is 6.20. The van der Waals surface area contributed by atoms with Crippen LogP contribution in [0, 0.1) is 5.92 Å². The number of carboxylic acid groups (broad SMARTS) is 1. The second-order valence-corrected chi connectivity index (χ2v) is 6.20. The van der Waals surface area contributed by atoms with Crippen LogP contribution in [0.15, 0.2) is 18.2 Å². The highest BCUT2D eigenvalue weighted by Gasteiger charge is 2.35. The zero-order valence-electron chi connectivity index (χ0n) is 12.5. The lowest BCUT2D eigenvalue weighted by Crippen LogP contribution is -2.48. The van der Waals surface area contributed by atoms with Gasteiger partial charge in [0.2, 0.25) is 0 Å². The number of rotatable bonds is 5. The van der Waals surface area contributed by atoms with Crippen molar-refractivity contribution in [2.24, 2.45) is 5.92 Å². The van der Waals surface area contributed by atoms with Crippen molar-refractivity contribution in [2.45, 2.75) is 44.6 Å². The van der Waals surface area contributed by atoms with Crippen molar-refractivity contribution in [1.29, 1.82) is 0 Å². The van der Waals surface area contributed by atoms with Crippen LogP contribution in [0.3, 0.4) is 0 Å². The Morgan fingerprint density at radius 2 is 1.91 bits per heavy atom. The van der Waals surface area contributed by atoms with Crippen molar-refractivity contribution in [2.75, 3.05) is 6.61 Å². The number of carbonyl (C=O) groups excluding carboxylic acids is 1. The van der Waals surface area contributed by atoms with Crippen LogP contribution in [-0.4, -0.2) is 29.6 Å². The maximum atomic E-state index is 11.8. The van der Waals surface area contributed by atoms with Crippen molar-refractivity contribution in [3.8, 4) is 5.75 Å². The van der Waals surface area contributed by atoms with Crippen molar-refractivity contribution in [1.82, 2.24) is 5.32 Å². The van der Waals surface area contributed by atoms with E-state index in [0.717, 1.165) is 18.6 Å². The van der Waals surface area contributed by atoms with Gasteiger partial charge >= 0.3 is 5.97 Å². The first-order valence-corrected chi connectivity index (χ1v) is 7.88. The molecule has 0 aliphatic heterocycles. The first-order valence-electron chi connectivity index (χ1n) is 7.88. The number of hydrogen-bond acceptors (Lipinski definition) is 3. The fraction of sp³-hybridized carbons (Fsp3) is 0.529. The minimum absolute atomic E-state index is 0.0208. The molecule has 2 aliphatic carbocycles. The zero-order chi connectivity index (χ0) is 15.5. The summed E-state index contributed by atoms with van der Waals surface area (Å²) in [7, 11) is 0. The maximum Gasteiger partial charge on any atom is 0.306 e. The molecule has 0 saturated heterocycles. The SMILES string of the molecule is O=C(COc1ccc2c(c1)CCCC2)NC1CC(C(=O)O)C1. The van der Waals surface area contributed by atoms with Crippen LogP contribution in [0.25, 0.3) is 0 Å². The molecule has 0 radical (unpaired) electrons. The van der Waals surface area contributed by atoms with Gasteiger partial charge in [0, 0.05) is 6.04 Å². The fourth-order valence-corrected chi connectivity index (χ4v) is 3.16. The molecule has 0 bridgehead atoms. The number of amides is 1. The third-order valence-corrected chi connectivity index (χ3v) is 4.54. The third-order valence-electron chi connectivity index (χ3n) is 4.54. The van der Waals surface area contributed by atoms with E-state index in [0.29, 0.717) is 12.8 Å². The van der Waals surface area contributed by atoms with E-state index in [4.69, 9.17) is 9.84 Å². The Balaban J connectivity index is 1.44. The Labute approximate surface area is 129 Å². The number of carboxylic acids is 1. The van der Waals surface area contributed by atoms with Crippen LogP contribution in [-0.2, 0) is 22.4 Å². The molecule has 0 atom stereocenters. The van der Waals surface area contributed by atoms with E-state index in [1.54, 1.807) is 0 Å². The molecule has 0 unspecified atom stereocenters. The molecule has 1 amide bonds. The first-order chi connectivity index (χ1) is 10.6. The van der Waals surface area contributed by atoms with Gasteiger partial charge in [-0.2, -0.15) is 0 Å². The van der Waals surface area contributed by atoms with Gasteiger partial charge in [-0.3, -0.25) is 9.59 Å². The van der Waals surface area contributed by atoms with Crippen LogP contribution >= 0.6 is 0 Å². The molecule has 1 aromatic rings. The summed E-state index contributed by atoms with van der Waals surface area (Å²) in [6.45, 7) is -0.0208. The molecule has 118 valence electrons. The number of ether oxygens (including phenoxy) is 1. The van der Waals surface area contributed by atoms with Crippen LogP contribution in [0.2, 0.25) is 0 Å². The van der Waals surface area contributed by atoms with Gasteiger partial charge in [-0.1, -0.05) is 6.07 Å². The average molecular weight is 303 g/mol. The van der Waals surface area contributed by atoms with Crippen LogP contribution in [0.5, 0.6) is 5.75 Å². The summed E-state index contributed by atoms with van der Waals surface area (Å²) in [5, 5.41) is 11.6. The number of fused-ring (bicyclic) bond motifs is 1. The Morgan fingerprint density at radius 1 is 1.18 bits per heavy atom. The van der Waals surface area contributed by atoms with Gasteiger partial charge in [0.25, 0.3) is 5.91 Å². The van der Waals surface area contributed by atoms with Gasteiger partial charge in [-0.25, -0.2) is 0 Å². The smallest absolute Gasteiger partial charge is 0.306 e. The van der Waals surface area contributed by atoms with Crippen molar-refractivity contribution in [3.05, 3.63) is 29.3 Å². The predicted molar refractivity (Wildman–Crippen MR) is 80.9 cm³/mol. The lowest BCUT2D eigenvalue weighted by atomic mass is 9.80. The molecule has 0 heterocycles. The predicted octanol–water partition coefficient (Wildman–Crippen LogP) is 1.92. The Bertz CT molecular complexity index is 578. The highest BCUT2D eigenvalue weighted by atomic mass is 16.5. The standard InChI is InChI=1S/C17H21NO4/c19-16(18-14-7-13(8-14)17(20)21)10-22-15-6-5-11-3-1-2-4-12(11)9-15/h5-6,9,13-14H,1-4,7-8,10H2,(H,18,19)(H,20,21). The number of hydrogen-bond donors (Lipinski definition) is 2. The molecule has 22 heavy (non-hydrogen) atoms. The molecule has 1 aromatic carbocycles. The molecule has 2 N–H and O–H groups in total. The van der Waals surface area contributed by atoms with Crippen molar-refractivity contribution < 1.29 is 19.4 Å². The number of carbonyl (C=O) groups is 2. The highest BCUT2D eigenvalue weighted by molar-refractivity contribution is 5.78. The van der Waals surface area contributed by atoms with E-state index in [9.17, 15) is 9.59 Å². The van der Waals surface area contributed by atoms with E-state index >= 15 is 0 Å². The van der Waals surface area contributed by atoms with Crippen LogP contribution < -0.4 is 10.1 Å². The molecule has 5 heteroatoms. The summed E-state index contributed by atoms with van der Waals surface area (Å²) in [4.78, 5) is 22.5. The summed E-state index contributed by atoms with van der Waals surface area (Å²) >= 11 is 0. The molecule has 5 nitrogen and oxygen atoms in total. The largest absolute Gasteiger partial charge is 0.484 e. The van der Waals surface area contributed by atoms with Gasteiger partial charge in [-0.15, -0.1) is 0 Å². The Morgan fingerprint density at radius 3 is 2.64 bits per heavy atom. The summed E-state index contributed by atoms with van der Waals surface area (Å²) in [5.74, 6) is -0.554. The lowest BCUT2D eigenvalue weighted by Gasteiger charge is -2.32. The minimum atomic E-state index is -0.782. The first kappa shape index (κ1) is 14.9. The molecular formula is C17H21NO4. The molecular weight excluding hydrogens is 282 g/mol. The summed E-state index contributed by atoms with van der Waals surface area (Å²) in [6.07, 6.45) is 5.69. The van der Waals surface area contributed by atoms with Crippen molar-refractivity contribution in [3.63, 3.8) is 0 Å². The zero-order valence-corrected chi connectivity index (χ0v) is 12.5. The molecule has 1 fully saturated rings. The van der Waals surface area contributed by atoms with E-state index in [1.807, 2.05) is 12.1 Å². The van der Waals surface area contributed by atoms with Gasteiger partial charge in [0.15, 0.2) is 6.61 Å². The summed E-state index contributed by atoms with van der Waals surface area (Å²) < 4.78 is 5.55. The average Bonchev–Trinajstić information content (AvgIpc) is 2.47. The van der Waals surface area contributed by atoms with Gasteiger partial charge in [0.05, 0.1) is 5.92 Å². The molecule has 3 rings (SSSR count). The number of aryl methyl sites for hydroxylation is 2. The summed E-state index contributed by atoms with van der Waals surface area (Å²) in [5.41, 5.74) is 2.71. The second kappa shape index (κ2) is 6.38. The number of nitrogens with one attached hydrogen (secondary N) is 1. The quantitative estimate of drug-likeness (QED) is 0.871. The van der Waals surface area contributed by atoms with Crippen LogP contribution in [0.1, 0.15) is 36.8 Å². The Kier molecular flexibility index (Phi) is 4.32. The lowest BCUT2D eigenvalue weighted by molar-refractivity contribution is -0.146. The third kappa shape index (κ3) is 3.40. The minimum Gasteiger partial charge on any atom is -0.484 e. The fourth-order valence-electron chi connectivity index (χ4n) is 3.16. The van der Waals surface area contributed by atoms with E-state index in [-0.39, 0.29) is 24.5 Å². The molecule has 2 aliphatic rings. The maximum absolute atomic E-state index is 11.8. The number of aliphatic carboxylic acids is 1. The van der Waals surface area contributed by atoms with Gasteiger partial charge in [-0.05, 0) is 61.8 Å². The Hall–Kier alpha value is -2.04. The highest BCUT2D eigenvalue weighted by Crippen LogP contribution is 2.27. The van der Waals surface area contributed by atoms with Gasteiger partial charge in [0.1, 0.15) is 5.75 Å². The molecule has 0 spiro atoms. The monoisotopic (exact) mass is 303 g/mol. The van der Waals surface area contributed by atoms with Crippen molar-refractivity contribution >= 4 is 11.9 Å². The number of benzene rings is 1. The molecule has 1 saturated carbocycles. The van der Waals surface area contributed by atoms with E-state index < -0.39 is 5.97 Å². The van der Waals surface area contributed by atoms with E-state index in [2.05, 4.69) is 11.4 Å². The summed E-state index contributed by atoms with van der Waals surface area (Å²) in [6, 6.07) is 6.01. The van der Waals surface area contributed by atoms with E-state index in [1.165, 1.54) is 24.0 Å². The van der Waals surface area contributed by atoms with Gasteiger partial charge < -0.3 is 15.2 Å².